The van der Waals surface area contributed by atoms with Gasteiger partial charge >= 0.3 is 0 Å². The van der Waals surface area contributed by atoms with Crippen molar-refractivity contribution >= 4 is 11.4 Å². The third-order valence-electron chi connectivity index (χ3n) is 4.39. The van der Waals surface area contributed by atoms with Crippen LogP contribution in [-0.4, -0.2) is 40.3 Å². The second kappa shape index (κ2) is 7.47. The monoisotopic (exact) mass is 360 g/mol. The number of pyridine rings is 1. The zero-order chi connectivity index (χ0) is 18.6. The average Bonchev–Trinajstić information content (AvgIpc) is 3.34. The van der Waals surface area contributed by atoms with Gasteiger partial charge in [-0.05, 0) is 36.4 Å². The number of nitrogens with one attached hydrogen (secondary N) is 1. The zero-order valence-corrected chi connectivity index (χ0v) is 15.0. The lowest BCUT2D eigenvalue weighted by atomic mass is 10.2. The molecule has 136 valence electrons. The number of rotatable bonds is 6. The van der Waals surface area contributed by atoms with Crippen LogP contribution in [0, 0.1) is 0 Å². The lowest BCUT2D eigenvalue weighted by Crippen LogP contribution is -2.26. The van der Waals surface area contributed by atoms with Gasteiger partial charge in [0, 0.05) is 26.0 Å². The second-order valence-electron chi connectivity index (χ2n) is 6.13. The number of fused-ring (bicyclic) bond motifs is 1. The normalized spacial score (nSPS) is 11.0. The van der Waals surface area contributed by atoms with Gasteiger partial charge in [0.15, 0.2) is 0 Å². The van der Waals surface area contributed by atoms with Crippen molar-refractivity contribution in [2.24, 2.45) is 0 Å². The van der Waals surface area contributed by atoms with Gasteiger partial charge < -0.3 is 14.5 Å². The first-order chi connectivity index (χ1) is 13.3. The average molecular weight is 360 g/mol. The fourth-order valence-corrected chi connectivity index (χ4v) is 3.08. The molecule has 0 saturated carbocycles. The zero-order valence-electron chi connectivity index (χ0n) is 15.0. The van der Waals surface area contributed by atoms with Crippen molar-refractivity contribution < 1.29 is 9.53 Å². The van der Waals surface area contributed by atoms with Crippen LogP contribution in [0.3, 0.4) is 0 Å². The predicted molar refractivity (Wildman–Crippen MR) is 104 cm³/mol. The summed E-state index contributed by atoms with van der Waals surface area (Å²) in [6.45, 7) is 0.948. The fourth-order valence-electron chi connectivity index (χ4n) is 3.08. The molecule has 0 spiro atoms. The highest BCUT2D eigenvalue weighted by atomic mass is 16.5. The first kappa shape index (κ1) is 17.1. The van der Waals surface area contributed by atoms with Crippen LogP contribution in [0.15, 0.2) is 73.1 Å². The van der Waals surface area contributed by atoms with E-state index in [2.05, 4.69) is 5.32 Å². The van der Waals surface area contributed by atoms with Gasteiger partial charge in [0.25, 0.3) is 5.91 Å². The molecule has 0 bridgehead atoms. The summed E-state index contributed by atoms with van der Waals surface area (Å²) in [5.74, 6) is -0.121. The Bertz CT molecular complexity index is 1070. The highest BCUT2D eigenvalue weighted by Gasteiger charge is 2.17. The Labute approximate surface area is 157 Å². The Morgan fingerprint density at radius 2 is 1.89 bits per heavy atom. The molecule has 1 aromatic carbocycles. The highest BCUT2D eigenvalue weighted by Crippen LogP contribution is 2.25. The molecule has 0 unspecified atom stereocenters. The van der Waals surface area contributed by atoms with Crippen molar-refractivity contribution in [1.29, 1.82) is 0 Å². The molecule has 0 atom stereocenters. The molecule has 3 heterocycles. The number of carbonyl (C=O) groups is 1. The third kappa shape index (κ3) is 3.35. The third-order valence-corrected chi connectivity index (χ3v) is 4.39. The van der Waals surface area contributed by atoms with Crippen LogP contribution in [0.1, 0.15) is 10.4 Å². The maximum atomic E-state index is 12.6. The topological polar surface area (TPSA) is 60.6 Å². The Morgan fingerprint density at radius 1 is 1.07 bits per heavy atom. The van der Waals surface area contributed by atoms with E-state index in [1.54, 1.807) is 7.11 Å². The maximum absolute atomic E-state index is 12.6. The summed E-state index contributed by atoms with van der Waals surface area (Å²) >= 11 is 0. The van der Waals surface area contributed by atoms with Crippen LogP contribution in [0.2, 0.25) is 0 Å². The number of carbonyl (C=O) groups excluding carboxylic acids is 1. The molecule has 4 aromatic rings. The molecule has 4 rings (SSSR count). The lowest BCUT2D eigenvalue weighted by Gasteiger charge is -2.03. The molecule has 6 nitrogen and oxygen atoms in total. The van der Waals surface area contributed by atoms with Gasteiger partial charge in [-0.15, -0.1) is 0 Å². The lowest BCUT2D eigenvalue weighted by molar-refractivity contribution is 0.0939. The molecular formula is C21H20N4O2. The summed E-state index contributed by atoms with van der Waals surface area (Å²) in [6, 6.07) is 19.6. The Balaban J connectivity index is 1.73. The van der Waals surface area contributed by atoms with Crippen molar-refractivity contribution in [2.45, 2.75) is 0 Å². The number of amides is 1. The van der Waals surface area contributed by atoms with Crippen LogP contribution < -0.4 is 5.32 Å². The van der Waals surface area contributed by atoms with Crippen LogP contribution in [0.4, 0.5) is 0 Å². The Morgan fingerprint density at radius 3 is 2.70 bits per heavy atom. The number of methoxy groups -OCH3 is 1. The van der Waals surface area contributed by atoms with Crippen molar-refractivity contribution in [3.8, 4) is 17.1 Å². The molecule has 0 fully saturated rings. The minimum Gasteiger partial charge on any atom is -0.383 e. The number of hydrogen-bond donors (Lipinski definition) is 1. The molecular weight excluding hydrogens is 340 g/mol. The Kier molecular flexibility index (Phi) is 4.72. The molecule has 0 saturated heterocycles. The SMILES string of the molecule is COCCNC(=O)c1cc(-c2ccn(-c3ccccc3)n2)n2ccccc12. The van der Waals surface area contributed by atoms with Gasteiger partial charge in [0.1, 0.15) is 5.69 Å². The van der Waals surface area contributed by atoms with E-state index < -0.39 is 0 Å². The van der Waals surface area contributed by atoms with Crippen molar-refractivity contribution in [3.05, 3.63) is 78.6 Å². The first-order valence-electron chi connectivity index (χ1n) is 8.76. The van der Waals surface area contributed by atoms with E-state index in [1.165, 1.54) is 0 Å². The number of nitrogens with zero attached hydrogens (tertiary/aromatic N) is 3. The van der Waals surface area contributed by atoms with Crippen LogP contribution in [-0.2, 0) is 4.74 Å². The minimum absolute atomic E-state index is 0.121. The molecule has 0 aliphatic rings. The maximum Gasteiger partial charge on any atom is 0.253 e. The number of aromatic nitrogens is 3. The van der Waals surface area contributed by atoms with E-state index in [0.717, 1.165) is 22.6 Å². The summed E-state index contributed by atoms with van der Waals surface area (Å²) in [7, 11) is 1.61. The van der Waals surface area contributed by atoms with Gasteiger partial charge in [0.05, 0.1) is 29.1 Å². The van der Waals surface area contributed by atoms with Crippen molar-refractivity contribution in [2.75, 3.05) is 20.3 Å². The molecule has 3 aromatic heterocycles. The van der Waals surface area contributed by atoms with E-state index in [1.807, 2.05) is 82.1 Å². The number of benzene rings is 1. The first-order valence-corrected chi connectivity index (χ1v) is 8.76. The van der Waals surface area contributed by atoms with Gasteiger partial charge in [-0.3, -0.25) is 4.79 Å². The molecule has 1 amide bonds. The molecule has 0 aliphatic carbocycles. The second-order valence-corrected chi connectivity index (χ2v) is 6.13. The summed E-state index contributed by atoms with van der Waals surface area (Å²) in [5.41, 5.74) is 4.13. The van der Waals surface area contributed by atoms with E-state index in [4.69, 9.17) is 9.84 Å². The van der Waals surface area contributed by atoms with E-state index >= 15 is 0 Å². The smallest absolute Gasteiger partial charge is 0.253 e. The van der Waals surface area contributed by atoms with Crippen LogP contribution in [0.5, 0.6) is 0 Å². The number of ether oxygens (including phenoxy) is 1. The molecule has 1 N–H and O–H groups in total. The fraction of sp³-hybridized carbons (Fsp3) is 0.143. The molecule has 0 aliphatic heterocycles. The van der Waals surface area contributed by atoms with E-state index in [-0.39, 0.29) is 5.91 Å². The van der Waals surface area contributed by atoms with Crippen molar-refractivity contribution in [1.82, 2.24) is 19.5 Å². The van der Waals surface area contributed by atoms with Crippen LogP contribution in [0.25, 0.3) is 22.6 Å². The number of para-hydroxylation sites is 1. The molecule has 27 heavy (non-hydrogen) atoms. The largest absolute Gasteiger partial charge is 0.383 e. The summed E-state index contributed by atoms with van der Waals surface area (Å²) in [6.07, 6.45) is 3.86. The predicted octanol–water partition coefficient (Wildman–Crippen LogP) is 3.17. The molecule has 0 radical (unpaired) electrons. The summed E-state index contributed by atoms with van der Waals surface area (Å²) < 4.78 is 8.82. The van der Waals surface area contributed by atoms with E-state index in [9.17, 15) is 4.79 Å². The summed E-state index contributed by atoms with van der Waals surface area (Å²) in [4.78, 5) is 12.6. The van der Waals surface area contributed by atoms with Gasteiger partial charge in [-0.1, -0.05) is 24.3 Å². The van der Waals surface area contributed by atoms with Crippen LogP contribution >= 0.6 is 0 Å². The number of hydrogen-bond acceptors (Lipinski definition) is 3. The van der Waals surface area contributed by atoms with Gasteiger partial charge in [-0.25, -0.2) is 4.68 Å². The minimum atomic E-state index is -0.121. The van der Waals surface area contributed by atoms with E-state index in [0.29, 0.717) is 18.7 Å². The van der Waals surface area contributed by atoms with Crippen molar-refractivity contribution in [3.63, 3.8) is 0 Å². The van der Waals surface area contributed by atoms with Gasteiger partial charge in [0.2, 0.25) is 0 Å². The van der Waals surface area contributed by atoms with Gasteiger partial charge in [-0.2, -0.15) is 5.10 Å². The molecule has 6 heteroatoms. The summed E-state index contributed by atoms with van der Waals surface area (Å²) in [5, 5.41) is 7.58. The standard InChI is InChI=1S/C21H20N4O2/c1-27-14-11-22-21(26)17-15-20(24-12-6-5-9-19(17)24)18-10-13-25(23-18)16-7-3-2-4-8-16/h2-10,12-13,15H,11,14H2,1H3,(H,22,26). The quantitative estimate of drug-likeness (QED) is 0.537. The Hall–Kier alpha value is -3.38. The highest BCUT2D eigenvalue weighted by molar-refractivity contribution is 6.02.